The Hall–Kier alpha value is -3.28. The minimum atomic E-state index is -4.59. The Kier molecular flexibility index (Phi) is 6.35. The van der Waals surface area contributed by atoms with E-state index in [0.717, 1.165) is 23.0 Å². The number of benzene rings is 1. The number of nitrogens with one attached hydrogen (secondary N) is 1. The molecule has 0 aliphatic carbocycles. The second-order valence-corrected chi connectivity index (χ2v) is 6.89. The molecule has 1 N–H and O–H groups in total. The van der Waals surface area contributed by atoms with E-state index in [2.05, 4.69) is 15.4 Å². The van der Waals surface area contributed by atoms with Crippen LogP contribution in [0.15, 0.2) is 42.7 Å². The molecule has 0 spiro atoms. The first-order valence-corrected chi connectivity index (χ1v) is 9.11. The molecule has 3 rings (SSSR count). The van der Waals surface area contributed by atoms with Crippen LogP contribution in [0.3, 0.4) is 0 Å². The Labute approximate surface area is 181 Å². The van der Waals surface area contributed by atoms with Crippen molar-refractivity contribution in [3.8, 4) is 11.6 Å². The van der Waals surface area contributed by atoms with Gasteiger partial charge in [-0.15, -0.1) is 0 Å². The molecule has 2 heterocycles. The molecule has 0 fully saturated rings. The Bertz CT molecular complexity index is 1130. The van der Waals surface area contributed by atoms with Crippen molar-refractivity contribution in [2.75, 3.05) is 11.9 Å². The number of amides is 1. The molecule has 0 atom stereocenters. The van der Waals surface area contributed by atoms with Gasteiger partial charge in [0.15, 0.2) is 12.4 Å². The zero-order valence-corrected chi connectivity index (χ0v) is 16.8. The van der Waals surface area contributed by atoms with Gasteiger partial charge >= 0.3 is 12.4 Å². The SMILES string of the molecule is Cc1c(C(=O)Nc2cc(Cl)ccc2OCC(F)(F)F)cnn1-c1ccc(C(F)(F)F)cn1. The Morgan fingerprint density at radius 2 is 1.84 bits per heavy atom. The summed E-state index contributed by atoms with van der Waals surface area (Å²) in [4.78, 5) is 16.4. The highest BCUT2D eigenvalue weighted by atomic mass is 35.5. The smallest absolute Gasteiger partial charge is 0.422 e. The van der Waals surface area contributed by atoms with Gasteiger partial charge in [-0.05, 0) is 37.3 Å². The highest BCUT2D eigenvalue weighted by molar-refractivity contribution is 6.31. The lowest BCUT2D eigenvalue weighted by atomic mass is 10.2. The normalized spacial score (nSPS) is 12.0. The Balaban J connectivity index is 1.83. The van der Waals surface area contributed by atoms with Crippen molar-refractivity contribution in [2.24, 2.45) is 0 Å². The van der Waals surface area contributed by atoms with Crippen LogP contribution < -0.4 is 10.1 Å². The van der Waals surface area contributed by atoms with Crippen molar-refractivity contribution < 1.29 is 35.9 Å². The molecule has 0 bridgehead atoms. The van der Waals surface area contributed by atoms with Gasteiger partial charge < -0.3 is 10.1 Å². The number of carbonyl (C=O) groups is 1. The van der Waals surface area contributed by atoms with Crippen molar-refractivity contribution in [3.63, 3.8) is 0 Å². The molecular weight excluding hydrogens is 466 g/mol. The van der Waals surface area contributed by atoms with Crippen LogP contribution in [0.5, 0.6) is 5.75 Å². The van der Waals surface area contributed by atoms with Crippen molar-refractivity contribution >= 4 is 23.2 Å². The highest BCUT2D eigenvalue weighted by Crippen LogP contribution is 2.31. The summed E-state index contributed by atoms with van der Waals surface area (Å²) in [5.74, 6) is -0.971. The summed E-state index contributed by atoms with van der Waals surface area (Å²) >= 11 is 5.86. The second kappa shape index (κ2) is 8.69. The molecule has 13 heteroatoms. The summed E-state index contributed by atoms with van der Waals surface area (Å²) in [6, 6.07) is 5.58. The van der Waals surface area contributed by atoms with Gasteiger partial charge in [0.2, 0.25) is 0 Å². The maximum absolute atomic E-state index is 12.7. The monoisotopic (exact) mass is 478 g/mol. The molecule has 0 aliphatic rings. The van der Waals surface area contributed by atoms with Gasteiger partial charge in [-0.25, -0.2) is 9.67 Å². The van der Waals surface area contributed by atoms with Gasteiger partial charge in [0.1, 0.15) is 5.75 Å². The molecule has 32 heavy (non-hydrogen) atoms. The number of pyridine rings is 1. The molecule has 0 saturated carbocycles. The summed E-state index contributed by atoms with van der Waals surface area (Å²) < 4.78 is 81.4. The zero-order valence-electron chi connectivity index (χ0n) is 16.1. The van der Waals surface area contributed by atoms with E-state index < -0.39 is 30.4 Å². The summed E-state index contributed by atoms with van der Waals surface area (Å²) in [6.07, 6.45) is -7.37. The van der Waals surface area contributed by atoms with Crippen LogP contribution in [0, 0.1) is 6.92 Å². The quantitative estimate of drug-likeness (QED) is 0.496. The molecule has 0 radical (unpaired) electrons. The number of aromatic nitrogens is 3. The third-order valence-corrected chi connectivity index (χ3v) is 4.36. The molecule has 170 valence electrons. The molecule has 0 saturated heterocycles. The van der Waals surface area contributed by atoms with Gasteiger partial charge in [0.25, 0.3) is 5.91 Å². The number of rotatable bonds is 5. The highest BCUT2D eigenvalue weighted by Gasteiger charge is 2.31. The number of hydrogen-bond donors (Lipinski definition) is 1. The number of anilines is 1. The number of halogens is 7. The van der Waals surface area contributed by atoms with Crippen molar-refractivity contribution in [1.29, 1.82) is 0 Å². The molecule has 3 aromatic rings. The maximum atomic E-state index is 12.7. The van der Waals surface area contributed by atoms with E-state index in [1.807, 2.05) is 0 Å². The first-order chi connectivity index (χ1) is 14.8. The minimum Gasteiger partial charge on any atom is -0.482 e. The summed E-state index contributed by atoms with van der Waals surface area (Å²) in [5.41, 5.74) is -0.814. The fraction of sp³-hybridized carbons (Fsp3) is 0.211. The fourth-order valence-corrected chi connectivity index (χ4v) is 2.79. The zero-order chi connectivity index (χ0) is 23.7. The van der Waals surface area contributed by atoms with E-state index in [9.17, 15) is 31.1 Å². The van der Waals surface area contributed by atoms with Crippen LogP contribution in [-0.4, -0.2) is 33.5 Å². The summed E-state index contributed by atoms with van der Waals surface area (Å²) in [6.45, 7) is -0.103. The first-order valence-electron chi connectivity index (χ1n) is 8.74. The third kappa shape index (κ3) is 5.49. The maximum Gasteiger partial charge on any atom is 0.422 e. The van der Waals surface area contributed by atoms with Crippen LogP contribution in [0.4, 0.5) is 32.0 Å². The molecule has 0 unspecified atom stereocenters. The van der Waals surface area contributed by atoms with Crippen molar-refractivity contribution in [3.05, 3.63) is 64.6 Å². The molecule has 0 aliphatic heterocycles. The van der Waals surface area contributed by atoms with E-state index in [4.69, 9.17) is 16.3 Å². The topological polar surface area (TPSA) is 69.0 Å². The van der Waals surface area contributed by atoms with Crippen molar-refractivity contribution in [2.45, 2.75) is 19.3 Å². The first kappa shape index (κ1) is 23.4. The number of ether oxygens (including phenoxy) is 1. The van der Waals surface area contributed by atoms with Crippen molar-refractivity contribution in [1.82, 2.24) is 14.8 Å². The molecule has 1 aromatic carbocycles. The van der Waals surface area contributed by atoms with E-state index >= 15 is 0 Å². The van der Waals surface area contributed by atoms with E-state index in [1.165, 1.54) is 25.1 Å². The van der Waals surface area contributed by atoms with Crippen LogP contribution in [0.1, 0.15) is 21.6 Å². The Morgan fingerprint density at radius 3 is 2.44 bits per heavy atom. The standard InChI is InChI=1S/C19H13ClF6N4O2/c1-10-13(8-28-30(10)16-5-2-11(7-27-16)19(24,25)26)17(31)29-14-6-12(20)3-4-15(14)32-9-18(21,22)23/h2-8H,9H2,1H3,(H,29,31). The van der Waals surface area contributed by atoms with Crippen LogP contribution >= 0.6 is 11.6 Å². The van der Waals surface area contributed by atoms with Gasteiger partial charge in [0.05, 0.1) is 28.7 Å². The number of alkyl halides is 6. The second-order valence-electron chi connectivity index (χ2n) is 6.46. The lowest BCUT2D eigenvalue weighted by Crippen LogP contribution is -2.20. The number of carbonyl (C=O) groups excluding carboxylic acids is 1. The average molecular weight is 479 g/mol. The largest absolute Gasteiger partial charge is 0.482 e. The average Bonchev–Trinajstić information content (AvgIpc) is 3.07. The van der Waals surface area contributed by atoms with Gasteiger partial charge in [0, 0.05) is 11.2 Å². The van der Waals surface area contributed by atoms with Gasteiger partial charge in [-0.2, -0.15) is 31.4 Å². The summed E-state index contributed by atoms with van der Waals surface area (Å²) in [7, 11) is 0. The predicted molar refractivity (Wildman–Crippen MR) is 102 cm³/mol. The van der Waals surface area contributed by atoms with E-state index in [1.54, 1.807) is 0 Å². The van der Waals surface area contributed by atoms with Crippen LogP contribution in [-0.2, 0) is 6.18 Å². The fourth-order valence-electron chi connectivity index (χ4n) is 2.62. The van der Waals surface area contributed by atoms with Gasteiger partial charge in [-0.3, -0.25) is 4.79 Å². The molecule has 6 nitrogen and oxygen atoms in total. The summed E-state index contributed by atoms with van der Waals surface area (Å²) in [5, 5.41) is 6.50. The Morgan fingerprint density at radius 1 is 1.12 bits per heavy atom. The van der Waals surface area contributed by atoms with E-state index in [0.29, 0.717) is 6.20 Å². The number of nitrogens with zero attached hydrogens (tertiary/aromatic N) is 3. The molecular formula is C19H13ClF6N4O2. The number of hydrogen-bond acceptors (Lipinski definition) is 4. The minimum absolute atomic E-state index is 0.00782. The lowest BCUT2D eigenvalue weighted by molar-refractivity contribution is -0.153. The molecule has 1 amide bonds. The lowest BCUT2D eigenvalue weighted by Gasteiger charge is -2.14. The predicted octanol–water partition coefficient (Wildman–Crippen LogP) is 5.44. The van der Waals surface area contributed by atoms with Crippen LogP contribution in [0.2, 0.25) is 5.02 Å². The molecule has 2 aromatic heterocycles. The van der Waals surface area contributed by atoms with Gasteiger partial charge in [-0.1, -0.05) is 11.6 Å². The van der Waals surface area contributed by atoms with E-state index in [-0.39, 0.29) is 33.5 Å². The van der Waals surface area contributed by atoms with Crippen LogP contribution in [0.25, 0.3) is 5.82 Å². The third-order valence-electron chi connectivity index (χ3n) is 4.13.